The molecule has 1 atom stereocenters. The summed E-state index contributed by atoms with van der Waals surface area (Å²) in [6, 6.07) is 13.2. The molecule has 0 bridgehead atoms. The van der Waals surface area contributed by atoms with E-state index in [9.17, 15) is 24.5 Å². The summed E-state index contributed by atoms with van der Waals surface area (Å²) >= 11 is 1.09. The minimum atomic E-state index is -0.933. The van der Waals surface area contributed by atoms with Crippen LogP contribution in [-0.4, -0.2) is 35.1 Å². The summed E-state index contributed by atoms with van der Waals surface area (Å²) in [5, 5.41) is 11.5. The first-order valence-corrected chi connectivity index (χ1v) is 13.8. The van der Waals surface area contributed by atoms with E-state index < -0.39 is 28.5 Å². The van der Waals surface area contributed by atoms with Crippen LogP contribution in [-0.2, 0) is 14.3 Å². The van der Waals surface area contributed by atoms with Crippen LogP contribution in [0.1, 0.15) is 38.1 Å². The molecule has 0 amide bonds. The number of thiazole rings is 1. The molecule has 4 aromatic rings. The number of hydrogen-bond donors (Lipinski definition) is 0. The second-order valence-electron chi connectivity index (χ2n) is 9.28. The van der Waals surface area contributed by atoms with Crippen molar-refractivity contribution in [2.45, 2.75) is 26.8 Å². The van der Waals surface area contributed by atoms with Gasteiger partial charge in [-0.3, -0.25) is 24.3 Å². The largest absolute Gasteiger partial charge is 0.493 e. The molecule has 220 valence electrons. The number of esters is 2. The number of aromatic nitrogens is 1. The van der Waals surface area contributed by atoms with Crippen LogP contribution in [0.3, 0.4) is 0 Å². The highest BCUT2D eigenvalue weighted by Crippen LogP contribution is 2.36. The third kappa shape index (κ3) is 5.62. The molecule has 0 aliphatic carbocycles. The van der Waals surface area contributed by atoms with Crippen LogP contribution in [0, 0.1) is 10.1 Å². The molecule has 13 heteroatoms. The van der Waals surface area contributed by atoms with Crippen LogP contribution < -0.4 is 24.4 Å². The number of nitrogens with zero attached hydrogens (tertiary/aromatic N) is 3. The van der Waals surface area contributed by atoms with Crippen molar-refractivity contribution in [1.29, 1.82) is 0 Å². The summed E-state index contributed by atoms with van der Waals surface area (Å²) in [7, 11) is 1.41. The van der Waals surface area contributed by atoms with E-state index in [1.807, 2.05) is 0 Å². The monoisotopic (exact) mass is 603 g/mol. The van der Waals surface area contributed by atoms with Crippen LogP contribution >= 0.6 is 11.3 Å². The van der Waals surface area contributed by atoms with Crippen molar-refractivity contribution in [2.75, 3.05) is 13.7 Å². The fourth-order valence-electron chi connectivity index (χ4n) is 4.75. The number of nitro groups is 1. The van der Waals surface area contributed by atoms with E-state index in [1.165, 1.54) is 36.8 Å². The molecule has 0 unspecified atom stereocenters. The SMILES string of the molecule is CCOC(=O)C1=C(C)N=c2s/c(=C/c3ccc(-c4ccccc4[N+](=O)[O-])o3)c(=O)n2[C@@H]1c1ccc(OC(C)=O)c(OC)c1. The molecule has 12 nitrogen and oxygen atoms in total. The van der Waals surface area contributed by atoms with Gasteiger partial charge in [0.25, 0.3) is 11.2 Å². The Kier molecular flexibility index (Phi) is 8.08. The molecule has 0 fully saturated rings. The zero-order valence-corrected chi connectivity index (χ0v) is 24.3. The van der Waals surface area contributed by atoms with Gasteiger partial charge in [0.2, 0.25) is 0 Å². The van der Waals surface area contributed by atoms with E-state index in [1.54, 1.807) is 56.3 Å². The molecule has 0 radical (unpaired) electrons. The quantitative estimate of drug-likeness (QED) is 0.126. The molecule has 0 spiro atoms. The van der Waals surface area contributed by atoms with Crippen molar-refractivity contribution < 1.29 is 33.1 Å². The van der Waals surface area contributed by atoms with Crippen LogP contribution in [0.2, 0.25) is 0 Å². The molecule has 2 aromatic heterocycles. The lowest BCUT2D eigenvalue weighted by Crippen LogP contribution is -2.39. The summed E-state index contributed by atoms with van der Waals surface area (Å²) in [5.74, 6) is -0.202. The molecule has 3 heterocycles. The van der Waals surface area contributed by atoms with Gasteiger partial charge < -0.3 is 18.6 Å². The number of carbonyl (C=O) groups is 2. The molecule has 5 rings (SSSR count). The van der Waals surface area contributed by atoms with Gasteiger partial charge in [0.15, 0.2) is 16.3 Å². The average Bonchev–Trinajstić information content (AvgIpc) is 3.56. The van der Waals surface area contributed by atoms with Gasteiger partial charge >= 0.3 is 11.9 Å². The highest BCUT2D eigenvalue weighted by Gasteiger charge is 2.34. The predicted octanol–water partition coefficient (Wildman–Crippen LogP) is 3.90. The highest BCUT2D eigenvalue weighted by molar-refractivity contribution is 7.07. The molecule has 43 heavy (non-hydrogen) atoms. The van der Waals surface area contributed by atoms with E-state index in [0.29, 0.717) is 27.4 Å². The Hall–Kier alpha value is -5.30. The Morgan fingerprint density at radius 1 is 1.16 bits per heavy atom. The van der Waals surface area contributed by atoms with E-state index in [-0.39, 0.29) is 39.7 Å². The summed E-state index contributed by atoms with van der Waals surface area (Å²) in [6.07, 6.45) is 1.52. The molecular weight excluding hydrogens is 578 g/mol. The number of fused-ring (bicyclic) bond motifs is 1. The van der Waals surface area contributed by atoms with Gasteiger partial charge in [-0.25, -0.2) is 9.79 Å². The molecule has 1 aliphatic rings. The summed E-state index contributed by atoms with van der Waals surface area (Å²) in [6.45, 7) is 4.71. The number of ether oxygens (including phenoxy) is 3. The topological polar surface area (TPSA) is 152 Å². The van der Waals surface area contributed by atoms with Gasteiger partial charge in [0.05, 0.1) is 46.0 Å². The predicted molar refractivity (Wildman–Crippen MR) is 156 cm³/mol. The van der Waals surface area contributed by atoms with E-state index in [2.05, 4.69) is 4.99 Å². The van der Waals surface area contributed by atoms with E-state index >= 15 is 0 Å². The Bertz CT molecular complexity index is 1980. The lowest BCUT2D eigenvalue weighted by molar-refractivity contribution is -0.384. The van der Waals surface area contributed by atoms with Crippen LogP contribution in [0.25, 0.3) is 17.4 Å². The van der Waals surface area contributed by atoms with Gasteiger partial charge in [-0.2, -0.15) is 0 Å². The number of carbonyl (C=O) groups excluding carboxylic acids is 2. The number of para-hydroxylation sites is 1. The summed E-state index contributed by atoms with van der Waals surface area (Å²) < 4.78 is 23.5. The lowest BCUT2D eigenvalue weighted by Gasteiger charge is -2.25. The van der Waals surface area contributed by atoms with Gasteiger partial charge in [-0.15, -0.1) is 0 Å². The van der Waals surface area contributed by atoms with Gasteiger partial charge in [-0.1, -0.05) is 29.5 Å². The second kappa shape index (κ2) is 11.9. The number of rotatable bonds is 8. The molecular formula is C30H25N3O9S. The first-order valence-electron chi connectivity index (χ1n) is 13.0. The number of methoxy groups -OCH3 is 1. The third-order valence-corrected chi connectivity index (χ3v) is 7.52. The standard InChI is InChI=1S/C30H25N3O9S/c1-5-40-29(36)26-16(2)31-30-32(27(26)18-10-12-23(41-17(3)34)24(14-18)39-4)28(35)25(43-30)15-19-11-13-22(42-19)20-8-6-7-9-21(20)33(37)38/h6-15,27H,5H2,1-4H3/b25-15+/t27-/m1/s1. The maximum atomic E-state index is 13.9. The smallest absolute Gasteiger partial charge is 0.338 e. The second-order valence-corrected chi connectivity index (χ2v) is 10.3. The number of furan rings is 1. The van der Waals surface area contributed by atoms with Crippen molar-refractivity contribution >= 4 is 35.0 Å². The molecule has 2 aromatic carbocycles. The summed E-state index contributed by atoms with van der Waals surface area (Å²) in [5.41, 5.74) is 0.772. The average molecular weight is 604 g/mol. The number of allylic oxidation sites excluding steroid dienone is 1. The number of hydrogen-bond acceptors (Lipinski definition) is 11. The third-order valence-electron chi connectivity index (χ3n) is 6.54. The first kappa shape index (κ1) is 29.2. The molecule has 0 saturated carbocycles. The lowest BCUT2D eigenvalue weighted by atomic mass is 9.95. The van der Waals surface area contributed by atoms with Crippen molar-refractivity contribution in [3.05, 3.63) is 107 Å². The van der Waals surface area contributed by atoms with Crippen molar-refractivity contribution in [3.8, 4) is 22.8 Å². The molecule has 0 N–H and O–H groups in total. The molecule has 0 saturated heterocycles. The highest BCUT2D eigenvalue weighted by atomic mass is 32.1. The van der Waals surface area contributed by atoms with Crippen LogP contribution in [0.15, 0.2) is 80.1 Å². The van der Waals surface area contributed by atoms with Gasteiger partial charge in [-0.05, 0) is 49.7 Å². The first-order chi connectivity index (χ1) is 20.6. The zero-order chi connectivity index (χ0) is 30.8. The maximum Gasteiger partial charge on any atom is 0.338 e. The minimum absolute atomic E-state index is 0.111. The van der Waals surface area contributed by atoms with Gasteiger partial charge in [0, 0.05) is 19.1 Å². The Balaban J connectivity index is 1.65. The molecule has 1 aliphatic heterocycles. The van der Waals surface area contributed by atoms with Crippen molar-refractivity contribution in [1.82, 2.24) is 4.57 Å². The fraction of sp³-hybridized carbons (Fsp3) is 0.200. The van der Waals surface area contributed by atoms with Gasteiger partial charge in [0.1, 0.15) is 11.5 Å². The van der Waals surface area contributed by atoms with E-state index in [4.69, 9.17) is 18.6 Å². The number of benzene rings is 2. The van der Waals surface area contributed by atoms with Crippen LogP contribution in [0.4, 0.5) is 5.69 Å². The minimum Gasteiger partial charge on any atom is -0.493 e. The Morgan fingerprint density at radius 3 is 2.63 bits per heavy atom. The maximum absolute atomic E-state index is 13.9. The van der Waals surface area contributed by atoms with Crippen molar-refractivity contribution in [3.63, 3.8) is 0 Å². The fourth-order valence-corrected chi connectivity index (χ4v) is 5.77. The van der Waals surface area contributed by atoms with E-state index in [0.717, 1.165) is 11.3 Å². The Labute approximate surface area is 247 Å². The Morgan fingerprint density at radius 2 is 1.93 bits per heavy atom. The van der Waals surface area contributed by atoms with Crippen LogP contribution in [0.5, 0.6) is 11.5 Å². The normalized spacial score (nSPS) is 14.6. The summed E-state index contributed by atoms with van der Waals surface area (Å²) in [4.78, 5) is 54.5. The zero-order valence-electron chi connectivity index (χ0n) is 23.5. The van der Waals surface area contributed by atoms with Crippen molar-refractivity contribution in [2.24, 2.45) is 4.99 Å². The number of nitro benzene ring substituents is 1.